The highest BCUT2D eigenvalue weighted by molar-refractivity contribution is 5.80. The first kappa shape index (κ1) is 24.2. The van der Waals surface area contributed by atoms with Crippen molar-refractivity contribution in [3.05, 3.63) is 69.8 Å². The van der Waals surface area contributed by atoms with Gasteiger partial charge in [-0.2, -0.15) is 0 Å². The maximum atomic E-state index is 13.8. The molecule has 5 nitrogen and oxygen atoms in total. The predicted molar refractivity (Wildman–Crippen MR) is 138 cm³/mol. The Hall–Kier alpha value is -2.95. The number of fused-ring (bicyclic) bond motifs is 1. The van der Waals surface area contributed by atoms with Gasteiger partial charge < -0.3 is 4.90 Å². The van der Waals surface area contributed by atoms with Crippen LogP contribution < -0.4 is 5.56 Å². The minimum atomic E-state index is -0.323. The lowest BCUT2D eigenvalue weighted by molar-refractivity contribution is -0.139. The molecular weight excluding hydrogens is 422 g/mol. The molecule has 0 bridgehead atoms. The number of rotatable bonds is 6. The summed E-state index contributed by atoms with van der Waals surface area (Å²) in [6.07, 6.45) is 5.34. The van der Waals surface area contributed by atoms with E-state index in [2.05, 4.69) is 27.7 Å². The van der Waals surface area contributed by atoms with Crippen LogP contribution in [0.15, 0.2) is 47.3 Å². The molecule has 0 spiro atoms. The fourth-order valence-corrected chi connectivity index (χ4v) is 5.10. The minimum absolute atomic E-state index is 0.0668. The molecule has 2 aromatic carbocycles. The fourth-order valence-electron chi connectivity index (χ4n) is 5.10. The number of carbonyl (C=O) groups is 1. The van der Waals surface area contributed by atoms with Gasteiger partial charge in [0.05, 0.1) is 22.6 Å². The number of aryl methyl sites for hydroxylation is 2. The van der Waals surface area contributed by atoms with E-state index in [1.54, 1.807) is 4.57 Å². The maximum absolute atomic E-state index is 13.8. The van der Waals surface area contributed by atoms with Crippen molar-refractivity contribution in [1.29, 1.82) is 0 Å². The van der Waals surface area contributed by atoms with Crippen LogP contribution >= 0.6 is 0 Å². The summed E-state index contributed by atoms with van der Waals surface area (Å²) in [4.78, 5) is 34.5. The Morgan fingerprint density at radius 3 is 2.41 bits per heavy atom. The SMILES string of the molecule is Cc1ccc(-n2c(C(C)N(CC(C)C)C(=O)C3CCCCC3)nc3ccccc3c2=O)cc1C. The molecule has 3 aromatic rings. The topological polar surface area (TPSA) is 55.2 Å². The van der Waals surface area contributed by atoms with Gasteiger partial charge in [0.2, 0.25) is 5.91 Å². The van der Waals surface area contributed by atoms with E-state index in [1.165, 1.54) is 12.0 Å². The number of benzene rings is 2. The lowest BCUT2D eigenvalue weighted by Gasteiger charge is -2.35. The molecular formula is C29H37N3O2. The van der Waals surface area contributed by atoms with Crippen molar-refractivity contribution in [2.45, 2.75) is 72.8 Å². The first-order chi connectivity index (χ1) is 16.3. The van der Waals surface area contributed by atoms with E-state index in [4.69, 9.17) is 4.98 Å². The zero-order valence-corrected chi connectivity index (χ0v) is 21.2. The molecule has 4 rings (SSSR count). The molecule has 0 aliphatic heterocycles. The van der Waals surface area contributed by atoms with Gasteiger partial charge >= 0.3 is 0 Å². The van der Waals surface area contributed by atoms with Crippen molar-refractivity contribution >= 4 is 16.8 Å². The summed E-state index contributed by atoms with van der Waals surface area (Å²) < 4.78 is 1.72. The summed E-state index contributed by atoms with van der Waals surface area (Å²) in [6.45, 7) is 11.1. The minimum Gasteiger partial charge on any atom is -0.332 e. The van der Waals surface area contributed by atoms with Gasteiger partial charge in [-0.1, -0.05) is 51.3 Å². The Morgan fingerprint density at radius 2 is 1.74 bits per heavy atom. The fraction of sp³-hybridized carbons (Fsp3) is 0.483. The van der Waals surface area contributed by atoms with E-state index in [0.717, 1.165) is 36.9 Å². The number of aromatic nitrogens is 2. The average Bonchev–Trinajstić information content (AvgIpc) is 2.84. The number of nitrogens with zero attached hydrogens (tertiary/aromatic N) is 3. The number of hydrogen-bond acceptors (Lipinski definition) is 3. The normalized spacial score (nSPS) is 15.6. The largest absolute Gasteiger partial charge is 0.332 e. The third-order valence-electron chi connectivity index (χ3n) is 7.19. The summed E-state index contributed by atoms with van der Waals surface area (Å²) >= 11 is 0. The van der Waals surface area contributed by atoms with Crippen LogP contribution in [-0.4, -0.2) is 26.9 Å². The Balaban J connectivity index is 1.88. The van der Waals surface area contributed by atoms with Crippen molar-refractivity contribution in [3.8, 4) is 5.69 Å². The van der Waals surface area contributed by atoms with Crippen LogP contribution in [0.3, 0.4) is 0 Å². The lowest BCUT2D eigenvalue weighted by Crippen LogP contribution is -2.43. The number of hydrogen-bond donors (Lipinski definition) is 0. The van der Waals surface area contributed by atoms with Crippen molar-refractivity contribution < 1.29 is 4.79 Å². The lowest BCUT2D eigenvalue weighted by atomic mass is 9.87. The highest BCUT2D eigenvalue weighted by Crippen LogP contribution is 2.30. The maximum Gasteiger partial charge on any atom is 0.266 e. The van der Waals surface area contributed by atoms with E-state index >= 15 is 0 Å². The average molecular weight is 460 g/mol. The second-order valence-electron chi connectivity index (χ2n) is 10.3. The van der Waals surface area contributed by atoms with Crippen molar-refractivity contribution in [1.82, 2.24) is 14.5 Å². The Morgan fingerprint density at radius 1 is 1.03 bits per heavy atom. The monoisotopic (exact) mass is 459 g/mol. The third-order valence-corrected chi connectivity index (χ3v) is 7.19. The van der Waals surface area contributed by atoms with E-state index in [1.807, 2.05) is 54.3 Å². The second kappa shape index (κ2) is 10.1. The zero-order valence-electron chi connectivity index (χ0n) is 21.2. The van der Waals surface area contributed by atoms with E-state index in [0.29, 0.717) is 29.2 Å². The summed E-state index contributed by atoms with van der Waals surface area (Å²) in [7, 11) is 0. The van der Waals surface area contributed by atoms with Gasteiger partial charge in [0.25, 0.3) is 5.56 Å². The number of carbonyl (C=O) groups excluding carboxylic acids is 1. The second-order valence-corrected chi connectivity index (χ2v) is 10.3. The van der Waals surface area contributed by atoms with Gasteiger partial charge in [-0.15, -0.1) is 0 Å². The van der Waals surface area contributed by atoms with Gasteiger partial charge in [-0.3, -0.25) is 14.2 Å². The molecule has 1 aliphatic rings. The van der Waals surface area contributed by atoms with Gasteiger partial charge in [-0.05, 0) is 74.9 Å². The number of amides is 1. The number of para-hydroxylation sites is 1. The molecule has 1 aromatic heterocycles. The molecule has 180 valence electrons. The molecule has 0 N–H and O–H groups in total. The van der Waals surface area contributed by atoms with Crippen LogP contribution in [0.5, 0.6) is 0 Å². The molecule has 34 heavy (non-hydrogen) atoms. The molecule has 0 saturated heterocycles. The van der Waals surface area contributed by atoms with Gasteiger partial charge in [0.1, 0.15) is 5.82 Å². The quantitative estimate of drug-likeness (QED) is 0.446. The molecule has 1 heterocycles. The highest BCUT2D eigenvalue weighted by Gasteiger charge is 2.32. The van der Waals surface area contributed by atoms with Crippen molar-refractivity contribution in [2.24, 2.45) is 11.8 Å². The van der Waals surface area contributed by atoms with Crippen LogP contribution in [-0.2, 0) is 4.79 Å². The Labute approximate surface area is 202 Å². The molecule has 1 aliphatic carbocycles. The van der Waals surface area contributed by atoms with Gasteiger partial charge in [0.15, 0.2) is 0 Å². The van der Waals surface area contributed by atoms with Crippen LogP contribution in [0, 0.1) is 25.7 Å². The van der Waals surface area contributed by atoms with Crippen LogP contribution in [0.2, 0.25) is 0 Å². The van der Waals surface area contributed by atoms with Crippen LogP contribution in [0.1, 0.15) is 75.9 Å². The standard InChI is InChI=1S/C29H37N3O2/c1-19(2)18-31(28(33)23-11-7-6-8-12-23)22(5)27-30-26-14-10-9-13-25(26)29(34)32(27)24-16-15-20(3)21(4)17-24/h9-10,13-17,19,22-23H,6-8,11-12,18H2,1-5H3. The molecule has 1 amide bonds. The smallest absolute Gasteiger partial charge is 0.266 e. The third kappa shape index (κ3) is 4.79. The zero-order chi connectivity index (χ0) is 24.4. The molecule has 0 radical (unpaired) electrons. The molecule has 1 unspecified atom stereocenters. The van der Waals surface area contributed by atoms with Crippen molar-refractivity contribution in [2.75, 3.05) is 6.54 Å². The van der Waals surface area contributed by atoms with E-state index in [-0.39, 0.29) is 23.4 Å². The summed E-state index contributed by atoms with van der Waals surface area (Å²) in [5.41, 5.74) is 3.67. The van der Waals surface area contributed by atoms with Gasteiger partial charge in [0, 0.05) is 12.5 Å². The highest BCUT2D eigenvalue weighted by atomic mass is 16.2. The van der Waals surface area contributed by atoms with Crippen LogP contribution in [0.4, 0.5) is 0 Å². The van der Waals surface area contributed by atoms with E-state index in [9.17, 15) is 9.59 Å². The predicted octanol–water partition coefficient (Wildman–Crippen LogP) is 6.13. The molecule has 1 saturated carbocycles. The molecule has 1 fully saturated rings. The Bertz CT molecular complexity index is 1240. The first-order valence-electron chi connectivity index (χ1n) is 12.7. The summed E-state index contributed by atoms with van der Waals surface area (Å²) in [5.74, 6) is 1.21. The Kier molecular flexibility index (Phi) is 7.20. The first-order valence-corrected chi connectivity index (χ1v) is 12.7. The van der Waals surface area contributed by atoms with E-state index < -0.39 is 0 Å². The van der Waals surface area contributed by atoms with Crippen LogP contribution in [0.25, 0.3) is 16.6 Å². The van der Waals surface area contributed by atoms with Crippen molar-refractivity contribution in [3.63, 3.8) is 0 Å². The summed E-state index contributed by atoms with van der Waals surface area (Å²) in [5, 5.41) is 0.589. The van der Waals surface area contributed by atoms with Gasteiger partial charge in [-0.25, -0.2) is 4.98 Å². The molecule has 1 atom stereocenters. The summed E-state index contributed by atoms with van der Waals surface area (Å²) in [6, 6.07) is 13.2. The molecule has 5 heteroatoms.